The van der Waals surface area contributed by atoms with Gasteiger partial charge in [0, 0.05) is 12.7 Å². The summed E-state index contributed by atoms with van der Waals surface area (Å²) in [4.78, 5) is 25.9. The molecule has 0 aliphatic carbocycles. The van der Waals surface area contributed by atoms with Gasteiger partial charge in [0.1, 0.15) is 17.4 Å². The standard InChI is InChI=1S/C21H17ClN2O5/c1-11-8-24-9-13(20(25)18-14(22)3-5-16(29-11)19(18)24)21(26)23-7-12-2-4-15-17(6-12)28-10-27-15/h2-6,9,11H,7-8,10H2,1H3,(H,23,26)/t11-/m0/s1. The van der Waals surface area contributed by atoms with Gasteiger partial charge in [-0.05, 0) is 36.8 Å². The number of nitrogens with one attached hydrogen (secondary N) is 1. The number of hydrogen-bond acceptors (Lipinski definition) is 5. The predicted molar refractivity (Wildman–Crippen MR) is 107 cm³/mol. The first-order valence-electron chi connectivity index (χ1n) is 9.20. The number of amides is 1. The molecule has 7 nitrogen and oxygen atoms in total. The molecule has 1 atom stereocenters. The molecule has 1 aromatic heterocycles. The molecule has 8 heteroatoms. The van der Waals surface area contributed by atoms with Gasteiger partial charge in [0.2, 0.25) is 12.2 Å². The van der Waals surface area contributed by atoms with Crippen LogP contribution >= 0.6 is 11.6 Å². The fraction of sp³-hybridized carbons (Fsp3) is 0.238. The Bertz CT molecular complexity index is 1220. The van der Waals surface area contributed by atoms with Gasteiger partial charge in [0.15, 0.2) is 11.5 Å². The van der Waals surface area contributed by atoms with Crippen molar-refractivity contribution in [3.8, 4) is 17.2 Å². The van der Waals surface area contributed by atoms with E-state index in [4.69, 9.17) is 25.8 Å². The molecule has 0 saturated carbocycles. The van der Waals surface area contributed by atoms with E-state index in [-0.39, 0.29) is 25.0 Å². The van der Waals surface area contributed by atoms with Crippen LogP contribution in [0.25, 0.3) is 10.9 Å². The van der Waals surface area contributed by atoms with Crippen LogP contribution in [0.2, 0.25) is 5.02 Å². The third-order valence-electron chi connectivity index (χ3n) is 5.05. The van der Waals surface area contributed by atoms with Crippen molar-refractivity contribution >= 4 is 28.4 Å². The van der Waals surface area contributed by atoms with Crippen molar-refractivity contribution in [3.05, 3.63) is 62.9 Å². The normalized spacial score (nSPS) is 16.6. The topological polar surface area (TPSA) is 78.8 Å². The van der Waals surface area contributed by atoms with Crippen molar-refractivity contribution < 1.29 is 19.0 Å². The molecule has 29 heavy (non-hydrogen) atoms. The van der Waals surface area contributed by atoms with Crippen molar-refractivity contribution in [1.82, 2.24) is 9.88 Å². The summed E-state index contributed by atoms with van der Waals surface area (Å²) in [6.45, 7) is 2.89. The van der Waals surface area contributed by atoms with E-state index in [2.05, 4.69) is 5.32 Å². The van der Waals surface area contributed by atoms with Crippen LogP contribution in [0.1, 0.15) is 22.8 Å². The number of ether oxygens (including phenoxy) is 3. The van der Waals surface area contributed by atoms with Gasteiger partial charge in [-0.2, -0.15) is 0 Å². The molecular weight excluding hydrogens is 396 g/mol. The summed E-state index contributed by atoms with van der Waals surface area (Å²) in [5.74, 6) is 1.44. The number of pyridine rings is 1. The maximum absolute atomic E-state index is 13.0. The van der Waals surface area contributed by atoms with Crippen molar-refractivity contribution in [1.29, 1.82) is 0 Å². The Balaban J connectivity index is 1.49. The summed E-state index contributed by atoms with van der Waals surface area (Å²) in [7, 11) is 0. The highest BCUT2D eigenvalue weighted by Gasteiger charge is 2.24. The minimum Gasteiger partial charge on any atom is -0.487 e. The summed E-state index contributed by atoms with van der Waals surface area (Å²) < 4.78 is 18.3. The molecule has 0 unspecified atom stereocenters. The van der Waals surface area contributed by atoms with E-state index in [0.717, 1.165) is 5.56 Å². The Morgan fingerprint density at radius 1 is 1.21 bits per heavy atom. The summed E-state index contributed by atoms with van der Waals surface area (Å²) in [5.41, 5.74) is 1.09. The van der Waals surface area contributed by atoms with Gasteiger partial charge in [-0.1, -0.05) is 17.7 Å². The number of carbonyl (C=O) groups excluding carboxylic acids is 1. The van der Waals surface area contributed by atoms with Crippen LogP contribution < -0.4 is 25.0 Å². The van der Waals surface area contributed by atoms with Crippen molar-refractivity contribution in [2.75, 3.05) is 6.79 Å². The van der Waals surface area contributed by atoms with E-state index in [0.29, 0.717) is 39.7 Å². The van der Waals surface area contributed by atoms with Crippen LogP contribution in [0.15, 0.2) is 41.3 Å². The fourth-order valence-corrected chi connectivity index (χ4v) is 3.96. The number of rotatable bonds is 3. The van der Waals surface area contributed by atoms with Gasteiger partial charge < -0.3 is 24.1 Å². The number of nitrogens with zero attached hydrogens (tertiary/aromatic N) is 1. The van der Waals surface area contributed by atoms with Crippen LogP contribution in [-0.2, 0) is 13.1 Å². The Morgan fingerprint density at radius 2 is 2.00 bits per heavy atom. The van der Waals surface area contributed by atoms with Crippen molar-refractivity contribution in [3.63, 3.8) is 0 Å². The van der Waals surface area contributed by atoms with Crippen LogP contribution in [0.5, 0.6) is 17.2 Å². The Labute approximate surface area is 170 Å². The van der Waals surface area contributed by atoms with E-state index < -0.39 is 11.3 Å². The maximum atomic E-state index is 13.0. The molecule has 3 aromatic rings. The first-order valence-corrected chi connectivity index (χ1v) is 9.58. The molecule has 0 saturated heterocycles. The molecule has 1 amide bonds. The summed E-state index contributed by atoms with van der Waals surface area (Å²) >= 11 is 6.30. The average Bonchev–Trinajstić information content (AvgIpc) is 3.17. The summed E-state index contributed by atoms with van der Waals surface area (Å²) in [6, 6.07) is 8.81. The molecular formula is C21H17ClN2O5. The molecule has 1 N–H and O–H groups in total. The van der Waals surface area contributed by atoms with E-state index in [9.17, 15) is 9.59 Å². The minimum absolute atomic E-state index is 0.0476. The van der Waals surface area contributed by atoms with E-state index in [1.54, 1.807) is 24.4 Å². The first-order chi connectivity index (χ1) is 14.0. The quantitative estimate of drug-likeness (QED) is 0.715. The SMILES string of the molecule is C[C@H]1Cn2cc(C(=O)NCc3ccc4c(c3)OCO4)c(=O)c3c(Cl)ccc(c32)O1. The van der Waals surface area contributed by atoms with Crippen LogP contribution in [0.3, 0.4) is 0 Å². The molecule has 0 radical (unpaired) electrons. The zero-order valence-electron chi connectivity index (χ0n) is 15.5. The number of fused-ring (bicyclic) bond motifs is 1. The molecule has 0 fully saturated rings. The van der Waals surface area contributed by atoms with E-state index in [1.807, 2.05) is 23.6 Å². The van der Waals surface area contributed by atoms with Gasteiger partial charge >= 0.3 is 0 Å². The minimum atomic E-state index is -0.459. The highest BCUT2D eigenvalue weighted by Crippen LogP contribution is 2.34. The highest BCUT2D eigenvalue weighted by molar-refractivity contribution is 6.35. The lowest BCUT2D eigenvalue weighted by atomic mass is 10.1. The van der Waals surface area contributed by atoms with Crippen LogP contribution in [0, 0.1) is 0 Å². The third kappa shape index (κ3) is 2.98. The molecule has 148 valence electrons. The molecule has 3 heterocycles. The number of aromatic nitrogens is 1. The molecule has 2 aliphatic heterocycles. The monoisotopic (exact) mass is 412 g/mol. The number of halogens is 1. The lowest BCUT2D eigenvalue weighted by molar-refractivity contribution is 0.0948. The van der Waals surface area contributed by atoms with Crippen LogP contribution in [0.4, 0.5) is 0 Å². The molecule has 2 aromatic carbocycles. The Hall–Kier alpha value is -3.19. The van der Waals surface area contributed by atoms with Crippen LogP contribution in [-0.4, -0.2) is 23.4 Å². The second-order valence-electron chi connectivity index (χ2n) is 7.09. The zero-order valence-corrected chi connectivity index (χ0v) is 16.3. The lowest BCUT2D eigenvalue weighted by Gasteiger charge is -2.26. The molecule has 2 aliphatic rings. The van der Waals surface area contributed by atoms with Gasteiger partial charge in [-0.25, -0.2) is 0 Å². The Morgan fingerprint density at radius 3 is 2.86 bits per heavy atom. The first kappa shape index (κ1) is 17.9. The maximum Gasteiger partial charge on any atom is 0.257 e. The Kier molecular flexibility index (Phi) is 4.13. The summed E-state index contributed by atoms with van der Waals surface area (Å²) in [6.07, 6.45) is 1.50. The number of benzene rings is 2. The predicted octanol–water partition coefficient (Wildman–Crippen LogP) is 3.09. The number of carbonyl (C=O) groups is 1. The smallest absolute Gasteiger partial charge is 0.257 e. The zero-order chi connectivity index (χ0) is 20.1. The van der Waals surface area contributed by atoms with Gasteiger partial charge in [-0.15, -0.1) is 0 Å². The van der Waals surface area contributed by atoms with E-state index >= 15 is 0 Å². The van der Waals surface area contributed by atoms with Crippen molar-refractivity contribution in [2.24, 2.45) is 0 Å². The summed E-state index contributed by atoms with van der Waals surface area (Å²) in [5, 5.41) is 3.40. The largest absolute Gasteiger partial charge is 0.487 e. The third-order valence-corrected chi connectivity index (χ3v) is 5.37. The molecule has 0 spiro atoms. The number of hydrogen-bond donors (Lipinski definition) is 1. The second kappa shape index (κ2) is 6.70. The highest BCUT2D eigenvalue weighted by atomic mass is 35.5. The second-order valence-corrected chi connectivity index (χ2v) is 7.50. The van der Waals surface area contributed by atoms with E-state index in [1.165, 1.54) is 0 Å². The molecule has 5 rings (SSSR count). The fourth-order valence-electron chi connectivity index (χ4n) is 3.72. The molecule has 0 bridgehead atoms. The van der Waals surface area contributed by atoms with Crippen molar-refractivity contribution in [2.45, 2.75) is 26.1 Å². The average molecular weight is 413 g/mol. The van der Waals surface area contributed by atoms with Gasteiger partial charge in [0.05, 0.1) is 22.5 Å². The lowest BCUT2D eigenvalue weighted by Crippen LogP contribution is -2.32. The van der Waals surface area contributed by atoms with Gasteiger partial charge in [-0.3, -0.25) is 9.59 Å². The van der Waals surface area contributed by atoms with Gasteiger partial charge in [0.25, 0.3) is 5.91 Å².